The lowest BCUT2D eigenvalue weighted by molar-refractivity contribution is -0.385. The summed E-state index contributed by atoms with van der Waals surface area (Å²) in [6.45, 7) is 3.59. The molecule has 1 aromatic heterocycles. The van der Waals surface area contributed by atoms with Gasteiger partial charge in [0.15, 0.2) is 0 Å². The average molecular weight is 396 g/mol. The van der Waals surface area contributed by atoms with Crippen LogP contribution in [0.15, 0.2) is 48.5 Å². The second-order valence-electron chi connectivity index (χ2n) is 6.79. The van der Waals surface area contributed by atoms with Gasteiger partial charge in [0, 0.05) is 37.8 Å². The molecule has 0 unspecified atom stereocenters. The van der Waals surface area contributed by atoms with Crippen LogP contribution in [0.25, 0.3) is 10.2 Å². The van der Waals surface area contributed by atoms with E-state index in [0.29, 0.717) is 18.7 Å². The maximum atomic E-state index is 12.6. The Morgan fingerprint density at radius 1 is 1.07 bits per heavy atom. The smallest absolute Gasteiger partial charge is 0.273 e. The molecule has 0 saturated carbocycles. The van der Waals surface area contributed by atoms with Crippen LogP contribution in [0.2, 0.25) is 0 Å². The third-order valence-electron chi connectivity index (χ3n) is 4.95. The van der Waals surface area contributed by atoms with E-state index in [1.807, 2.05) is 18.2 Å². The third-order valence-corrected chi connectivity index (χ3v) is 5.97. The largest absolute Gasteiger partial charge is 0.340 e. The molecule has 0 aliphatic carbocycles. The van der Waals surface area contributed by atoms with Gasteiger partial charge in [0.25, 0.3) is 5.69 Å². The van der Waals surface area contributed by atoms with Crippen molar-refractivity contribution in [3.63, 3.8) is 0 Å². The van der Waals surface area contributed by atoms with Gasteiger partial charge in [-0.3, -0.25) is 19.8 Å². The molecule has 144 valence electrons. The molecule has 28 heavy (non-hydrogen) atoms. The molecule has 1 aliphatic heterocycles. The molecule has 2 aromatic carbocycles. The molecular weight excluding hydrogens is 376 g/mol. The van der Waals surface area contributed by atoms with E-state index in [0.717, 1.165) is 30.2 Å². The number of nitro groups is 1. The lowest BCUT2D eigenvalue weighted by Crippen LogP contribution is -2.48. The van der Waals surface area contributed by atoms with E-state index >= 15 is 0 Å². The fraction of sp³-hybridized carbons (Fsp3) is 0.300. The first kappa shape index (κ1) is 18.5. The first-order chi connectivity index (χ1) is 13.6. The summed E-state index contributed by atoms with van der Waals surface area (Å²) in [4.78, 5) is 32.1. The molecule has 0 spiro atoms. The summed E-state index contributed by atoms with van der Waals surface area (Å²) >= 11 is 1.71. The van der Waals surface area contributed by atoms with E-state index < -0.39 is 4.92 Å². The number of nitrogens with zero attached hydrogens (tertiary/aromatic N) is 4. The normalized spacial score (nSPS) is 15.1. The molecule has 1 fully saturated rings. The molecule has 0 bridgehead atoms. The lowest BCUT2D eigenvalue weighted by atomic mass is 10.1. The second kappa shape index (κ2) is 8.04. The molecule has 4 rings (SSSR count). The van der Waals surface area contributed by atoms with Gasteiger partial charge in [-0.1, -0.05) is 30.3 Å². The molecule has 1 aliphatic rings. The van der Waals surface area contributed by atoms with Crippen molar-refractivity contribution in [2.24, 2.45) is 0 Å². The molecule has 0 atom stereocenters. The van der Waals surface area contributed by atoms with Crippen molar-refractivity contribution in [1.82, 2.24) is 14.8 Å². The molecule has 8 heteroatoms. The first-order valence-electron chi connectivity index (χ1n) is 9.17. The Balaban J connectivity index is 1.33. The predicted molar refractivity (Wildman–Crippen MR) is 108 cm³/mol. The molecule has 3 aromatic rings. The fourth-order valence-corrected chi connectivity index (χ4v) is 4.46. The highest BCUT2D eigenvalue weighted by Crippen LogP contribution is 2.23. The molecule has 1 saturated heterocycles. The lowest BCUT2D eigenvalue weighted by Gasteiger charge is -2.34. The van der Waals surface area contributed by atoms with Gasteiger partial charge in [0.2, 0.25) is 5.91 Å². The van der Waals surface area contributed by atoms with Crippen LogP contribution >= 0.6 is 11.3 Å². The van der Waals surface area contributed by atoms with Crippen LogP contribution in [0.5, 0.6) is 0 Å². The standard InChI is InChI=1S/C20H20N4O3S/c25-20(13-15-5-1-3-7-17(15)24(26)27)23-11-9-22(10-12-23)14-19-21-16-6-2-4-8-18(16)28-19/h1-8H,9-14H2. The Kier molecular flexibility index (Phi) is 5.31. The SMILES string of the molecule is O=C(Cc1ccccc1[N+](=O)[O-])N1CCN(Cc2nc3ccccc3s2)CC1. The first-order valence-corrected chi connectivity index (χ1v) is 9.98. The minimum atomic E-state index is -0.432. The Hall–Kier alpha value is -2.84. The minimum absolute atomic E-state index is 0.00493. The van der Waals surface area contributed by atoms with Crippen molar-refractivity contribution in [2.75, 3.05) is 26.2 Å². The highest BCUT2D eigenvalue weighted by Gasteiger charge is 2.24. The Morgan fingerprint density at radius 3 is 2.54 bits per heavy atom. The van der Waals surface area contributed by atoms with Crippen LogP contribution in [0.4, 0.5) is 5.69 Å². The van der Waals surface area contributed by atoms with Crippen LogP contribution in [0.3, 0.4) is 0 Å². The Bertz CT molecular complexity index is 978. The predicted octanol–water partition coefficient (Wildman–Crippen LogP) is 3.09. The van der Waals surface area contributed by atoms with Gasteiger partial charge in [-0.2, -0.15) is 0 Å². The maximum absolute atomic E-state index is 12.6. The average Bonchev–Trinajstić information content (AvgIpc) is 3.11. The molecule has 1 amide bonds. The molecular formula is C20H20N4O3S. The summed E-state index contributed by atoms with van der Waals surface area (Å²) in [5, 5.41) is 12.2. The zero-order valence-corrected chi connectivity index (χ0v) is 16.1. The number of piperazine rings is 1. The quantitative estimate of drug-likeness (QED) is 0.489. The summed E-state index contributed by atoms with van der Waals surface area (Å²) in [7, 11) is 0. The number of aromatic nitrogens is 1. The summed E-state index contributed by atoms with van der Waals surface area (Å²) in [6.07, 6.45) is 0.0645. The Labute approximate surface area is 166 Å². The fourth-order valence-electron chi connectivity index (χ4n) is 3.45. The Morgan fingerprint density at radius 2 is 1.79 bits per heavy atom. The molecule has 0 radical (unpaired) electrons. The van der Waals surface area contributed by atoms with Crippen molar-refractivity contribution < 1.29 is 9.72 Å². The van der Waals surface area contributed by atoms with Gasteiger partial charge in [-0.25, -0.2) is 4.98 Å². The van der Waals surface area contributed by atoms with Crippen LogP contribution in [-0.2, 0) is 17.8 Å². The van der Waals surface area contributed by atoms with E-state index in [9.17, 15) is 14.9 Å². The number of hydrogen-bond donors (Lipinski definition) is 0. The van der Waals surface area contributed by atoms with Crippen LogP contribution in [-0.4, -0.2) is 51.8 Å². The molecule has 0 N–H and O–H groups in total. The van der Waals surface area contributed by atoms with Crippen LogP contribution in [0, 0.1) is 10.1 Å². The summed E-state index contributed by atoms with van der Waals surface area (Å²) < 4.78 is 1.19. The highest BCUT2D eigenvalue weighted by molar-refractivity contribution is 7.18. The third kappa shape index (κ3) is 4.02. The minimum Gasteiger partial charge on any atom is -0.340 e. The highest BCUT2D eigenvalue weighted by atomic mass is 32.1. The number of thiazole rings is 1. The number of amides is 1. The van der Waals surface area contributed by atoms with Crippen molar-refractivity contribution in [3.05, 3.63) is 69.2 Å². The van der Waals surface area contributed by atoms with Gasteiger partial charge in [0.1, 0.15) is 5.01 Å². The summed E-state index contributed by atoms with van der Waals surface area (Å²) in [6, 6.07) is 14.6. The molecule has 2 heterocycles. The van der Waals surface area contributed by atoms with E-state index in [1.165, 1.54) is 10.8 Å². The zero-order valence-electron chi connectivity index (χ0n) is 15.3. The number of para-hydroxylation sites is 2. The van der Waals surface area contributed by atoms with Crippen molar-refractivity contribution >= 4 is 33.1 Å². The number of benzene rings is 2. The number of carbonyl (C=O) groups is 1. The maximum Gasteiger partial charge on any atom is 0.273 e. The zero-order chi connectivity index (χ0) is 19.5. The number of fused-ring (bicyclic) bond motifs is 1. The second-order valence-corrected chi connectivity index (χ2v) is 7.91. The van der Waals surface area contributed by atoms with E-state index in [-0.39, 0.29) is 18.0 Å². The van der Waals surface area contributed by atoms with E-state index in [1.54, 1.807) is 34.4 Å². The van der Waals surface area contributed by atoms with Crippen LogP contribution in [0.1, 0.15) is 10.6 Å². The van der Waals surface area contributed by atoms with Crippen molar-refractivity contribution in [3.8, 4) is 0 Å². The summed E-state index contributed by atoms with van der Waals surface area (Å²) in [5.74, 6) is -0.0612. The van der Waals surface area contributed by atoms with Gasteiger partial charge in [0.05, 0.1) is 28.1 Å². The monoisotopic (exact) mass is 396 g/mol. The molecule has 7 nitrogen and oxygen atoms in total. The number of rotatable bonds is 5. The number of nitro benzene ring substituents is 1. The van der Waals surface area contributed by atoms with Crippen LogP contribution < -0.4 is 0 Å². The topological polar surface area (TPSA) is 79.6 Å². The van der Waals surface area contributed by atoms with Crippen molar-refractivity contribution in [1.29, 1.82) is 0 Å². The number of carbonyl (C=O) groups excluding carboxylic acids is 1. The number of hydrogen-bond acceptors (Lipinski definition) is 6. The van der Waals surface area contributed by atoms with Gasteiger partial charge in [-0.15, -0.1) is 11.3 Å². The van der Waals surface area contributed by atoms with Crippen molar-refractivity contribution in [2.45, 2.75) is 13.0 Å². The van der Waals surface area contributed by atoms with Gasteiger partial charge < -0.3 is 4.90 Å². The van der Waals surface area contributed by atoms with E-state index in [4.69, 9.17) is 0 Å². The van der Waals surface area contributed by atoms with Gasteiger partial charge >= 0.3 is 0 Å². The van der Waals surface area contributed by atoms with Gasteiger partial charge in [-0.05, 0) is 12.1 Å². The van der Waals surface area contributed by atoms with E-state index in [2.05, 4.69) is 16.0 Å². The summed E-state index contributed by atoms with van der Waals surface area (Å²) in [5.41, 5.74) is 1.50.